The van der Waals surface area contributed by atoms with Gasteiger partial charge in [-0.05, 0) is 25.7 Å². The number of amides is 2. The second kappa shape index (κ2) is 7.40. The lowest BCUT2D eigenvalue weighted by atomic mass is 9.85. The van der Waals surface area contributed by atoms with E-state index in [1.54, 1.807) is 0 Å². The van der Waals surface area contributed by atoms with Crippen LogP contribution in [0.25, 0.3) is 0 Å². The molecule has 27 heavy (non-hydrogen) atoms. The van der Waals surface area contributed by atoms with Crippen molar-refractivity contribution >= 4 is 27.4 Å². The van der Waals surface area contributed by atoms with Gasteiger partial charge in [0.05, 0.1) is 23.5 Å². The van der Waals surface area contributed by atoms with Gasteiger partial charge < -0.3 is 5.32 Å². The minimum Gasteiger partial charge on any atom is -0.348 e. The van der Waals surface area contributed by atoms with Gasteiger partial charge >= 0.3 is 6.18 Å². The molecule has 0 aromatic rings. The molecule has 3 atom stereocenters. The van der Waals surface area contributed by atoms with Crippen LogP contribution in [0.1, 0.15) is 44.9 Å². The molecule has 1 aliphatic carbocycles. The summed E-state index contributed by atoms with van der Waals surface area (Å²) in [5.41, 5.74) is 0.0630. The summed E-state index contributed by atoms with van der Waals surface area (Å²) in [7, 11) is -3.22. The monoisotopic (exact) mass is 409 g/mol. The predicted molar refractivity (Wildman–Crippen MR) is 90.5 cm³/mol. The van der Waals surface area contributed by atoms with E-state index in [4.69, 9.17) is 0 Å². The first-order chi connectivity index (χ1) is 12.5. The van der Waals surface area contributed by atoms with Gasteiger partial charge in [0.15, 0.2) is 9.84 Å². The Balaban J connectivity index is 1.65. The van der Waals surface area contributed by atoms with Crippen LogP contribution in [0.2, 0.25) is 0 Å². The first-order valence-electron chi connectivity index (χ1n) is 9.03. The number of carbonyl (C=O) groups is 2. The number of rotatable bonds is 3. The molecule has 11 heteroatoms. The number of hydrogen-bond acceptors (Lipinski definition) is 5. The highest BCUT2D eigenvalue weighted by molar-refractivity contribution is 7.91. The van der Waals surface area contributed by atoms with Crippen molar-refractivity contribution < 1.29 is 31.2 Å². The summed E-state index contributed by atoms with van der Waals surface area (Å²) in [6.45, 7) is 0. The Morgan fingerprint density at radius 1 is 1.19 bits per heavy atom. The lowest BCUT2D eigenvalue weighted by Crippen LogP contribution is -2.47. The number of hydrogen-bond donors (Lipinski definition) is 1. The van der Waals surface area contributed by atoms with Crippen LogP contribution in [0.5, 0.6) is 0 Å². The second-order valence-corrected chi connectivity index (χ2v) is 9.65. The summed E-state index contributed by atoms with van der Waals surface area (Å²) < 4.78 is 62.0. The van der Waals surface area contributed by atoms with Crippen molar-refractivity contribution in [1.29, 1.82) is 0 Å². The van der Waals surface area contributed by atoms with E-state index < -0.39 is 39.9 Å². The quantitative estimate of drug-likeness (QED) is 0.762. The highest BCUT2D eigenvalue weighted by Gasteiger charge is 2.43. The molecule has 0 aromatic heterocycles. The third-order valence-electron chi connectivity index (χ3n) is 5.35. The fourth-order valence-electron chi connectivity index (χ4n) is 3.88. The molecule has 3 aliphatic rings. The number of hydrazone groups is 1. The lowest BCUT2D eigenvalue weighted by molar-refractivity contribution is -0.183. The zero-order chi connectivity index (χ0) is 19.8. The topological polar surface area (TPSA) is 95.9 Å². The molecule has 1 saturated carbocycles. The number of halogens is 3. The van der Waals surface area contributed by atoms with E-state index >= 15 is 0 Å². The van der Waals surface area contributed by atoms with Crippen molar-refractivity contribution in [1.82, 2.24) is 10.3 Å². The first kappa shape index (κ1) is 20.1. The van der Waals surface area contributed by atoms with Gasteiger partial charge in [-0.25, -0.2) is 13.4 Å². The van der Waals surface area contributed by atoms with E-state index in [1.165, 1.54) is 0 Å². The summed E-state index contributed by atoms with van der Waals surface area (Å²) in [4.78, 5) is 24.5. The molecule has 7 nitrogen and oxygen atoms in total. The van der Waals surface area contributed by atoms with Gasteiger partial charge in [0.1, 0.15) is 5.71 Å². The van der Waals surface area contributed by atoms with Crippen LogP contribution in [-0.2, 0) is 19.4 Å². The maximum atomic E-state index is 12.9. The van der Waals surface area contributed by atoms with Gasteiger partial charge in [-0.15, -0.1) is 0 Å². The van der Waals surface area contributed by atoms with E-state index in [0.29, 0.717) is 12.8 Å². The van der Waals surface area contributed by atoms with Gasteiger partial charge in [0.2, 0.25) is 5.91 Å². The van der Waals surface area contributed by atoms with E-state index in [9.17, 15) is 31.2 Å². The van der Waals surface area contributed by atoms with Crippen molar-refractivity contribution in [3.05, 3.63) is 0 Å². The maximum Gasteiger partial charge on any atom is 0.391 e. The minimum absolute atomic E-state index is 0.0264. The lowest BCUT2D eigenvalue weighted by Gasteiger charge is -2.32. The summed E-state index contributed by atoms with van der Waals surface area (Å²) in [6, 6.07) is -1.17. The minimum atomic E-state index is -4.27. The molecular formula is C16H22F3N3O4S. The average Bonchev–Trinajstić information content (AvgIpc) is 2.94. The van der Waals surface area contributed by atoms with Gasteiger partial charge in [-0.3, -0.25) is 9.59 Å². The zero-order valence-corrected chi connectivity index (χ0v) is 15.5. The molecule has 0 bridgehead atoms. The molecular weight excluding hydrogens is 387 g/mol. The molecule has 2 heterocycles. The summed E-state index contributed by atoms with van der Waals surface area (Å²) in [6.07, 6.45) is -3.14. The van der Waals surface area contributed by atoms with Crippen molar-refractivity contribution in [2.45, 2.75) is 63.2 Å². The van der Waals surface area contributed by atoms with Gasteiger partial charge in [0, 0.05) is 18.9 Å². The highest BCUT2D eigenvalue weighted by atomic mass is 32.2. The number of alkyl halides is 3. The summed E-state index contributed by atoms with van der Waals surface area (Å²) in [5, 5.41) is 7.72. The van der Waals surface area contributed by atoms with Crippen LogP contribution in [0.15, 0.2) is 5.10 Å². The Labute approximate surface area is 155 Å². The van der Waals surface area contributed by atoms with Crippen molar-refractivity contribution in [2.75, 3.05) is 11.5 Å². The smallest absolute Gasteiger partial charge is 0.348 e. The van der Waals surface area contributed by atoms with Crippen LogP contribution in [0.3, 0.4) is 0 Å². The summed E-state index contributed by atoms with van der Waals surface area (Å²) >= 11 is 0. The largest absolute Gasteiger partial charge is 0.391 e. The molecule has 2 fully saturated rings. The van der Waals surface area contributed by atoms with E-state index in [1.807, 2.05) is 0 Å². The predicted octanol–water partition coefficient (Wildman–Crippen LogP) is 1.39. The fourth-order valence-corrected chi connectivity index (χ4v) is 5.57. The SMILES string of the molecule is O=C(NC1CCCC(C(F)(F)F)C1)C1=NN(C2CCS(=O)(=O)C2)C(=O)CC1. The Bertz CT molecular complexity index is 750. The molecule has 2 aliphatic heterocycles. The third kappa shape index (κ3) is 4.80. The highest BCUT2D eigenvalue weighted by Crippen LogP contribution is 2.37. The summed E-state index contributed by atoms with van der Waals surface area (Å²) in [5.74, 6) is -2.57. The Hall–Kier alpha value is -1.65. The van der Waals surface area contributed by atoms with Crippen molar-refractivity contribution in [2.24, 2.45) is 11.0 Å². The molecule has 2 amide bonds. The van der Waals surface area contributed by atoms with Crippen molar-refractivity contribution in [3.8, 4) is 0 Å². The molecule has 152 valence electrons. The maximum absolute atomic E-state index is 12.9. The number of sulfone groups is 1. The van der Waals surface area contributed by atoms with Crippen LogP contribution < -0.4 is 5.32 Å². The van der Waals surface area contributed by atoms with Gasteiger partial charge in [0.25, 0.3) is 5.91 Å². The average molecular weight is 409 g/mol. The van der Waals surface area contributed by atoms with Crippen LogP contribution in [-0.4, -0.2) is 60.7 Å². The normalized spacial score (nSPS) is 31.5. The number of nitrogens with one attached hydrogen (secondary N) is 1. The standard InChI is InChI=1S/C16H22F3N3O4S/c17-16(18,19)10-2-1-3-11(8-10)20-15(24)13-4-5-14(23)22(21-13)12-6-7-27(25,26)9-12/h10-12H,1-9H2,(H,20,24). The molecule has 3 rings (SSSR count). The number of carbonyl (C=O) groups excluding carboxylic acids is 2. The fraction of sp³-hybridized carbons (Fsp3) is 0.812. The van der Waals surface area contributed by atoms with E-state index in [0.717, 1.165) is 5.01 Å². The van der Waals surface area contributed by atoms with Crippen LogP contribution in [0.4, 0.5) is 13.2 Å². The molecule has 3 unspecified atom stereocenters. The van der Waals surface area contributed by atoms with Crippen LogP contribution in [0, 0.1) is 5.92 Å². The molecule has 0 spiro atoms. The van der Waals surface area contributed by atoms with Gasteiger partial charge in [-0.1, -0.05) is 6.42 Å². The van der Waals surface area contributed by atoms with Crippen molar-refractivity contribution in [3.63, 3.8) is 0 Å². The van der Waals surface area contributed by atoms with E-state index in [2.05, 4.69) is 10.4 Å². The molecule has 0 aromatic carbocycles. The Morgan fingerprint density at radius 3 is 2.56 bits per heavy atom. The molecule has 1 N–H and O–H groups in total. The first-order valence-corrected chi connectivity index (χ1v) is 10.8. The van der Waals surface area contributed by atoms with E-state index in [-0.39, 0.29) is 55.2 Å². The second-order valence-electron chi connectivity index (χ2n) is 7.42. The molecule has 0 radical (unpaired) electrons. The third-order valence-corrected chi connectivity index (χ3v) is 7.10. The molecule has 1 saturated heterocycles. The zero-order valence-electron chi connectivity index (χ0n) is 14.7. The van der Waals surface area contributed by atoms with Gasteiger partial charge in [-0.2, -0.15) is 18.3 Å². The number of nitrogens with zero attached hydrogens (tertiary/aromatic N) is 2. The Kier molecular flexibility index (Phi) is 5.51. The van der Waals surface area contributed by atoms with Crippen LogP contribution >= 0.6 is 0 Å². The Morgan fingerprint density at radius 2 is 1.93 bits per heavy atom.